The van der Waals surface area contributed by atoms with E-state index in [1.54, 1.807) is 25.6 Å². The van der Waals surface area contributed by atoms with Gasteiger partial charge in [0, 0.05) is 37.8 Å². The zero-order valence-corrected chi connectivity index (χ0v) is 22.2. The number of thiazole rings is 1. The van der Waals surface area contributed by atoms with Crippen LogP contribution in [-0.4, -0.2) is 70.5 Å². The maximum Gasteiger partial charge on any atom is 0.186 e. The zero-order valence-electron chi connectivity index (χ0n) is 21.4. The predicted octanol–water partition coefficient (Wildman–Crippen LogP) is 4.26. The Morgan fingerprint density at radius 2 is 1.68 bits per heavy atom. The Hall–Kier alpha value is -4.02. The number of rotatable bonds is 8. The van der Waals surface area contributed by atoms with Crippen molar-refractivity contribution in [1.29, 1.82) is 0 Å². The second-order valence-electron chi connectivity index (χ2n) is 9.18. The van der Waals surface area contributed by atoms with Gasteiger partial charge in [0.15, 0.2) is 11.0 Å². The summed E-state index contributed by atoms with van der Waals surface area (Å²) in [5.74, 6) is 2.27. The number of piperazine rings is 1. The Labute approximate surface area is 225 Å². The van der Waals surface area contributed by atoms with E-state index in [-0.39, 0.29) is 6.04 Å². The van der Waals surface area contributed by atoms with E-state index in [1.807, 2.05) is 41.1 Å². The van der Waals surface area contributed by atoms with Crippen molar-refractivity contribution in [3.8, 4) is 11.5 Å². The third-order valence-corrected chi connectivity index (χ3v) is 8.04. The van der Waals surface area contributed by atoms with Crippen molar-refractivity contribution in [3.63, 3.8) is 0 Å². The molecule has 9 nitrogen and oxygen atoms in total. The van der Waals surface area contributed by atoms with Gasteiger partial charge in [-0.15, -0.1) is 5.10 Å². The van der Waals surface area contributed by atoms with Gasteiger partial charge in [-0.05, 0) is 40.3 Å². The van der Waals surface area contributed by atoms with Crippen LogP contribution in [0.1, 0.15) is 23.0 Å². The Kier molecular flexibility index (Phi) is 6.89. The molecule has 0 aliphatic carbocycles. The van der Waals surface area contributed by atoms with Gasteiger partial charge in [-0.2, -0.15) is 0 Å². The molecule has 3 heterocycles. The Bertz CT molecular complexity index is 1480. The molecule has 0 amide bonds. The molecule has 3 aromatic carbocycles. The van der Waals surface area contributed by atoms with E-state index in [0.717, 1.165) is 65.3 Å². The van der Waals surface area contributed by atoms with Crippen molar-refractivity contribution >= 4 is 26.7 Å². The molecule has 1 saturated heterocycles. The van der Waals surface area contributed by atoms with E-state index in [4.69, 9.17) is 14.5 Å². The Balaban J connectivity index is 1.32. The molecule has 2 aromatic heterocycles. The van der Waals surface area contributed by atoms with Gasteiger partial charge in [0.05, 0.1) is 31.0 Å². The smallest absolute Gasteiger partial charge is 0.186 e. The average Bonchev–Trinajstić information content (AvgIpc) is 3.61. The maximum atomic E-state index is 5.84. The fourth-order valence-electron chi connectivity index (χ4n) is 4.99. The minimum Gasteiger partial charge on any atom is -0.497 e. The zero-order chi connectivity index (χ0) is 25.9. The number of para-hydroxylation sites is 1. The van der Waals surface area contributed by atoms with Crippen molar-refractivity contribution < 1.29 is 9.47 Å². The summed E-state index contributed by atoms with van der Waals surface area (Å²) in [5.41, 5.74) is 3.20. The molecular weight excluding hydrogens is 498 g/mol. The molecule has 10 heteroatoms. The van der Waals surface area contributed by atoms with Crippen molar-refractivity contribution in [2.24, 2.45) is 0 Å². The van der Waals surface area contributed by atoms with Crippen LogP contribution in [0, 0.1) is 0 Å². The van der Waals surface area contributed by atoms with Gasteiger partial charge in [0.1, 0.15) is 17.5 Å². The summed E-state index contributed by atoms with van der Waals surface area (Å²) in [6.45, 7) is 3.95. The van der Waals surface area contributed by atoms with Gasteiger partial charge in [0.2, 0.25) is 0 Å². The maximum absolute atomic E-state index is 5.84. The van der Waals surface area contributed by atoms with Crippen LogP contribution >= 0.6 is 11.3 Å². The van der Waals surface area contributed by atoms with Crippen LogP contribution in [-0.2, 0) is 6.54 Å². The second-order valence-corrected chi connectivity index (χ2v) is 10.2. The summed E-state index contributed by atoms with van der Waals surface area (Å²) in [5, 5.41) is 14.1. The molecular formula is C28H29N7O2S. The van der Waals surface area contributed by atoms with E-state index in [0.29, 0.717) is 6.54 Å². The van der Waals surface area contributed by atoms with Crippen LogP contribution in [0.4, 0.5) is 5.13 Å². The van der Waals surface area contributed by atoms with Gasteiger partial charge in [-0.25, -0.2) is 9.67 Å². The number of ether oxygens (including phenoxy) is 2. The number of hydrogen-bond acceptors (Lipinski definition) is 9. The van der Waals surface area contributed by atoms with E-state index in [2.05, 4.69) is 61.7 Å². The van der Waals surface area contributed by atoms with Gasteiger partial charge in [0.25, 0.3) is 0 Å². The highest BCUT2D eigenvalue weighted by atomic mass is 32.1. The van der Waals surface area contributed by atoms with Gasteiger partial charge in [-0.1, -0.05) is 53.8 Å². The van der Waals surface area contributed by atoms with E-state index >= 15 is 0 Å². The minimum absolute atomic E-state index is 0.188. The molecule has 38 heavy (non-hydrogen) atoms. The lowest BCUT2D eigenvalue weighted by atomic mass is 10.0. The summed E-state index contributed by atoms with van der Waals surface area (Å²) in [6.07, 6.45) is 0. The number of nitrogens with zero attached hydrogens (tertiary/aromatic N) is 7. The van der Waals surface area contributed by atoms with E-state index in [9.17, 15) is 0 Å². The van der Waals surface area contributed by atoms with Crippen LogP contribution < -0.4 is 14.4 Å². The highest BCUT2D eigenvalue weighted by molar-refractivity contribution is 7.22. The third kappa shape index (κ3) is 4.80. The second kappa shape index (κ2) is 10.8. The topological polar surface area (TPSA) is 81.4 Å². The molecule has 0 bridgehead atoms. The Morgan fingerprint density at radius 3 is 2.45 bits per heavy atom. The first kappa shape index (κ1) is 24.3. The van der Waals surface area contributed by atoms with Gasteiger partial charge >= 0.3 is 0 Å². The van der Waals surface area contributed by atoms with E-state index < -0.39 is 0 Å². The quantitative estimate of drug-likeness (QED) is 0.296. The SMILES string of the molecule is COc1ccc([C@@H](c2nnnn2Cc2ccccc2)N2CCN(c3nc4ccccc4s3)CC2)c(OC)c1. The van der Waals surface area contributed by atoms with Crippen molar-refractivity contribution in [2.45, 2.75) is 12.6 Å². The largest absolute Gasteiger partial charge is 0.497 e. The van der Waals surface area contributed by atoms with Crippen molar-refractivity contribution in [1.82, 2.24) is 30.1 Å². The van der Waals surface area contributed by atoms with Crippen LogP contribution in [0.15, 0.2) is 72.8 Å². The summed E-state index contributed by atoms with van der Waals surface area (Å²) in [6, 6.07) is 24.3. The van der Waals surface area contributed by atoms with Gasteiger partial charge in [-0.3, -0.25) is 4.90 Å². The number of tetrazole rings is 1. The lowest BCUT2D eigenvalue weighted by Gasteiger charge is -2.39. The Morgan fingerprint density at radius 1 is 0.895 bits per heavy atom. The van der Waals surface area contributed by atoms with Crippen LogP contribution in [0.3, 0.4) is 0 Å². The first-order chi connectivity index (χ1) is 18.7. The first-order valence-electron chi connectivity index (χ1n) is 12.6. The van der Waals surface area contributed by atoms with Crippen molar-refractivity contribution in [2.75, 3.05) is 45.3 Å². The lowest BCUT2D eigenvalue weighted by molar-refractivity contribution is 0.198. The van der Waals surface area contributed by atoms with E-state index in [1.165, 1.54) is 4.70 Å². The van der Waals surface area contributed by atoms with Crippen molar-refractivity contribution in [3.05, 3.63) is 89.7 Å². The molecule has 1 atom stereocenters. The number of fused-ring (bicyclic) bond motifs is 1. The highest BCUT2D eigenvalue weighted by Gasteiger charge is 2.33. The number of hydrogen-bond donors (Lipinski definition) is 0. The molecule has 1 fully saturated rings. The number of benzene rings is 3. The number of methoxy groups -OCH3 is 2. The summed E-state index contributed by atoms with van der Waals surface area (Å²) < 4.78 is 14.4. The summed E-state index contributed by atoms with van der Waals surface area (Å²) in [7, 11) is 3.35. The first-order valence-corrected chi connectivity index (χ1v) is 13.4. The standard InChI is InChI=1S/C28H29N7O2S/c1-36-21-12-13-22(24(18-21)37-2)26(27-30-31-32-35(27)19-20-8-4-3-5-9-20)33-14-16-34(17-15-33)28-29-23-10-6-7-11-25(23)38-28/h3-13,18,26H,14-17,19H2,1-2H3/t26-/m0/s1. The van der Waals surface area contributed by atoms with Crippen LogP contribution in [0.2, 0.25) is 0 Å². The summed E-state index contributed by atoms with van der Waals surface area (Å²) in [4.78, 5) is 9.68. The fourth-order valence-corrected chi connectivity index (χ4v) is 6.00. The predicted molar refractivity (Wildman–Crippen MR) is 148 cm³/mol. The summed E-state index contributed by atoms with van der Waals surface area (Å²) >= 11 is 1.75. The molecule has 194 valence electrons. The number of anilines is 1. The van der Waals surface area contributed by atoms with Gasteiger partial charge < -0.3 is 14.4 Å². The molecule has 0 saturated carbocycles. The molecule has 0 N–H and O–H groups in total. The third-order valence-electron chi connectivity index (χ3n) is 6.95. The fraction of sp³-hybridized carbons (Fsp3) is 0.286. The van der Waals surface area contributed by atoms with Crippen LogP contribution in [0.5, 0.6) is 11.5 Å². The molecule has 6 rings (SSSR count). The molecule has 0 spiro atoms. The molecule has 0 radical (unpaired) electrons. The lowest BCUT2D eigenvalue weighted by Crippen LogP contribution is -2.48. The molecule has 1 aliphatic rings. The molecule has 1 aliphatic heterocycles. The minimum atomic E-state index is -0.188. The molecule has 5 aromatic rings. The number of aromatic nitrogens is 5. The molecule has 0 unspecified atom stereocenters. The highest BCUT2D eigenvalue weighted by Crippen LogP contribution is 2.37. The average molecular weight is 528 g/mol. The normalized spacial score (nSPS) is 15.1. The monoisotopic (exact) mass is 527 g/mol. The van der Waals surface area contributed by atoms with Crippen LogP contribution in [0.25, 0.3) is 10.2 Å².